The number of hydrogen-bond donors (Lipinski definition) is 2. The number of carboxylic acids is 3. The summed E-state index contributed by atoms with van der Waals surface area (Å²) in [7, 11) is 0. The summed E-state index contributed by atoms with van der Waals surface area (Å²) in [4.78, 5) is 35.4. The number of carbonyl (C=O) groups excluding carboxylic acids is 2. The number of carboxylic acid groups (broad SMARTS) is 3. The molecule has 27 heavy (non-hydrogen) atoms. The van der Waals surface area contributed by atoms with E-state index in [4.69, 9.17) is 5.11 Å². The molecule has 0 spiro atoms. The third kappa shape index (κ3) is 18.4. The Bertz CT molecular complexity index is 456. The van der Waals surface area contributed by atoms with Gasteiger partial charge in [-0.15, -0.1) is 0 Å². The van der Waals surface area contributed by atoms with E-state index in [1.165, 1.54) is 0 Å². The summed E-state index contributed by atoms with van der Waals surface area (Å²) >= 11 is 0. The van der Waals surface area contributed by atoms with E-state index in [-0.39, 0.29) is 83.2 Å². The van der Waals surface area contributed by atoms with E-state index in [1.54, 1.807) is 15.9 Å². The Labute approximate surface area is 189 Å². The minimum absolute atomic E-state index is 0. The molecule has 0 aromatic heterocycles. The third-order valence-corrected chi connectivity index (χ3v) is 3.68. The molecule has 0 rings (SSSR count). The summed E-state index contributed by atoms with van der Waals surface area (Å²) in [5.41, 5.74) is 0. The second-order valence-electron chi connectivity index (χ2n) is 5.93. The van der Waals surface area contributed by atoms with Gasteiger partial charge in [-0.25, -0.2) is 0 Å². The number of aliphatic hydroxyl groups excluding tert-OH is 1. The van der Waals surface area contributed by atoms with Crippen molar-refractivity contribution in [2.24, 2.45) is 0 Å². The maximum atomic E-state index is 10.8. The van der Waals surface area contributed by atoms with Crippen LogP contribution in [0, 0.1) is 0 Å². The van der Waals surface area contributed by atoms with E-state index in [2.05, 4.69) is 0 Å². The Morgan fingerprint density at radius 2 is 1.41 bits per heavy atom. The fourth-order valence-electron chi connectivity index (χ4n) is 2.28. The standard InChI is InChI=1S/C17H30N2O7.Ca/c1-2-3-4-14(20)13-19(10-7-17(25)26)12-11-18(8-5-15(21)22)9-6-16(23)24;/h3-4,14,20H,2,5-13H2,1H3,(H,21,22)(H,23,24)(H,25,26);/q;+2/p-2/b4-3+;. The molecule has 0 saturated carbocycles. The molecular weight excluding hydrogens is 384 g/mol. The van der Waals surface area contributed by atoms with Crippen molar-refractivity contribution in [3.8, 4) is 0 Å². The van der Waals surface area contributed by atoms with Crippen molar-refractivity contribution < 1.29 is 34.8 Å². The molecule has 10 heteroatoms. The van der Waals surface area contributed by atoms with E-state index < -0.39 is 24.0 Å². The SMILES string of the molecule is CC/C=C/C(O)CN(CCC(=O)O)CCN(CCC(=O)[O-])CCC(=O)[O-].[Ca+2]. The van der Waals surface area contributed by atoms with Gasteiger partial charge in [0.2, 0.25) is 0 Å². The van der Waals surface area contributed by atoms with Gasteiger partial charge in [-0.3, -0.25) is 9.69 Å². The van der Waals surface area contributed by atoms with Gasteiger partial charge in [0, 0.05) is 51.2 Å². The molecule has 0 aliphatic rings. The van der Waals surface area contributed by atoms with Gasteiger partial charge in [0.15, 0.2) is 0 Å². The van der Waals surface area contributed by atoms with Crippen molar-refractivity contribution in [1.29, 1.82) is 0 Å². The Kier molecular flexibility index (Phi) is 18.4. The molecule has 9 nitrogen and oxygen atoms in total. The maximum Gasteiger partial charge on any atom is 2.00 e. The van der Waals surface area contributed by atoms with E-state index >= 15 is 0 Å². The molecule has 1 unspecified atom stereocenters. The molecule has 150 valence electrons. The summed E-state index contributed by atoms with van der Waals surface area (Å²) in [6.45, 7) is 3.34. The van der Waals surface area contributed by atoms with Gasteiger partial charge in [-0.2, -0.15) is 0 Å². The van der Waals surface area contributed by atoms with Crippen LogP contribution in [0.15, 0.2) is 12.2 Å². The van der Waals surface area contributed by atoms with Gasteiger partial charge in [0.1, 0.15) is 0 Å². The largest absolute Gasteiger partial charge is 2.00 e. The van der Waals surface area contributed by atoms with Crippen molar-refractivity contribution in [2.45, 2.75) is 38.7 Å². The topological polar surface area (TPSA) is 144 Å². The monoisotopic (exact) mass is 412 g/mol. The maximum absolute atomic E-state index is 10.8. The molecule has 0 aliphatic carbocycles. The molecule has 0 aromatic rings. The van der Waals surface area contributed by atoms with Crippen LogP contribution in [-0.2, 0) is 14.4 Å². The van der Waals surface area contributed by atoms with Gasteiger partial charge in [-0.05, 0) is 19.3 Å². The average Bonchev–Trinajstić information content (AvgIpc) is 2.56. The molecule has 1 atom stereocenters. The van der Waals surface area contributed by atoms with Crippen LogP contribution >= 0.6 is 0 Å². The Morgan fingerprint density at radius 1 is 0.926 bits per heavy atom. The number of nitrogens with zero attached hydrogens (tertiary/aromatic N) is 2. The van der Waals surface area contributed by atoms with Crippen LogP contribution in [0.25, 0.3) is 0 Å². The van der Waals surface area contributed by atoms with Gasteiger partial charge in [-0.1, -0.05) is 19.1 Å². The molecule has 0 saturated heterocycles. The summed E-state index contributed by atoms with van der Waals surface area (Å²) in [5, 5.41) is 40.1. The molecule has 0 amide bonds. The predicted molar refractivity (Wildman–Crippen MR) is 95.6 cm³/mol. The second-order valence-corrected chi connectivity index (χ2v) is 5.93. The van der Waals surface area contributed by atoms with Gasteiger partial charge in [0.25, 0.3) is 0 Å². The van der Waals surface area contributed by atoms with Crippen LogP contribution in [0.1, 0.15) is 32.6 Å². The number of rotatable bonds is 16. The van der Waals surface area contributed by atoms with Crippen LogP contribution in [0.2, 0.25) is 0 Å². The second kappa shape index (κ2) is 17.4. The summed E-state index contributed by atoms with van der Waals surface area (Å²) in [6.07, 6.45) is 2.91. The van der Waals surface area contributed by atoms with Crippen molar-refractivity contribution in [3.63, 3.8) is 0 Å². The summed E-state index contributed by atoms with van der Waals surface area (Å²) < 4.78 is 0. The van der Waals surface area contributed by atoms with Gasteiger partial charge >= 0.3 is 43.7 Å². The first-order valence-electron chi connectivity index (χ1n) is 8.65. The minimum Gasteiger partial charge on any atom is -0.550 e. The van der Waals surface area contributed by atoms with Crippen molar-refractivity contribution in [3.05, 3.63) is 12.2 Å². The van der Waals surface area contributed by atoms with Crippen molar-refractivity contribution >= 4 is 55.6 Å². The minimum atomic E-state index is -1.23. The first-order chi connectivity index (χ1) is 12.2. The van der Waals surface area contributed by atoms with E-state index in [9.17, 15) is 29.7 Å². The smallest absolute Gasteiger partial charge is 0.550 e. The number of aliphatic hydroxyl groups is 1. The van der Waals surface area contributed by atoms with E-state index in [0.29, 0.717) is 13.1 Å². The quantitative estimate of drug-likeness (QED) is 0.204. The first kappa shape index (κ1) is 28.5. The fraction of sp³-hybridized carbons (Fsp3) is 0.706. The molecule has 0 heterocycles. The first-order valence-corrected chi connectivity index (χ1v) is 8.65. The average molecular weight is 412 g/mol. The Hall–Kier alpha value is -0.710. The van der Waals surface area contributed by atoms with Crippen molar-refractivity contribution in [1.82, 2.24) is 9.80 Å². The Morgan fingerprint density at radius 3 is 1.85 bits per heavy atom. The summed E-state index contributed by atoms with van der Waals surface area (Å²) in [6, 6.07) is 0. The van der Waals surface area contributed by atoms with E-state index in [1.807, 2.05) is 13.0 Å². The molecule has 2 N–H and O–H groups in total. The third-order valence-electron chi connectivity index (χ3n) is 3.68. The van der Waals surface area contributed by atoms with Crippen LogP contribution in [0.4, 0.5) is 0 Å². The molecule has 0 aliphatic heterocycles. The van der Waals surface area contributed by atoms with Crippen molar-refractivity contribution in [2.75, 3.05) is 39.3 Å². The van der Waals surface area contributed by atoms with Crippen LogP contribution in [0.3, 0.4) is 0 Å². The van der Waals surface area contributed by atoms with Crippen LogP contribution in [-0.4, -0.2) is 121 Å². The fourth-order valence-corrected chi connectivity index (χ4v) is 2.28. The number of hydrogen-bond acceptors (Lipinski definition) is 8. The normalized spacial score (nSPS) is 12.3. The predicted octanol–water partition coefficient (Wildman–Crippen LogP) is -2.71. The zero-order valence-electron chi connectivity index (χ0n) is 15.8. The van der Waals surface area contributed by atoms with Gasteiger partial charge in [0.05, 0.1) is 12.5 Å². The van der Waals surface area contributed by atoms with Crippen LogP contribution < -0.4 is 10.2 Å². The van der Waals surface area contributed by atoms with Crippen LogP contribution in [0.5, 0.6) is 0 Å². The Balaban J connectivity index is 0. The molecule has 0 fully saturated rings. The summed E-state index contributed by atoms with van der Waals surface area (Å²) in [5.74, 6) is -3.42. The zero-order chi connectivity index (χ0) is 19.9. The molecule has 0 bridgehead atoms. The number of allylic oxidation sites excluding steroid dienone is 1. The molecule has 0 aromatic carbocycles. The number of carbonyl (C=O) groups is 3. The van der Waals surface area contributed by atoms with Gasteiger partial charge < -0.3 is 34.9 Å². The zero-order valence-corrected chi connectivity index (χ0v) is 18.0. The molecular formula is C17H28CaN2O7. The van der Waals surface area contributed by atoms with E-state index in [0.717, 1.165) is 6.42 Å². The molecule has 0 radical (unpaired) electrons. The number of aliphatic carboxylic acids is 3.